The number of fused-ring (bicyclic) bond motifs is 4. The van der Waals surface area contributed by atoms with Crippen LogP contribution in [-0.4, -0.2) is 45.8 Å². The van der Waals surface area contributed by atoms with Gasteiger partial charge >= 0.3 is 5.97 Å². The van der Waals surface area contributed by atoms with Crippen molar-refractivity contribution >= 4 is 41.0 Å². The van der Waals surface area contributed by atoms with Gasteiger partial charge < -0.3 is 10.4 Å². The third-order valence-electron chi connectivity index (χ3n) is 7.73. The smallest absolute Gasteiger partial charge is 0.303 e. The van der Waals surface area contributed by atoms with Crippen molar-refractivity contribution in [2.24, 2.45) is 11.8 Å². The second-order valence-corrected chi connectivity index (χ2v) is 9.79. The number of carbonyl (C=O) groups excluding carboxylic acids is 3. The fourth-order valence-corrected chi connectivity index (χ4v) is 6.40. The number of carbonyl (C=O) groups is 4. The van der Waals surface area contributed by atoms with E-state index in [1.165, 1.54) is 4.90 Å². The van der Waals surface area contributed by atoms with Crippen molar-refractivity contribution in [3.63, 3.8) is 0 Å². The minimum atomic E-state index is -1.41. The summed E-state index contributed by atoms with van der Waals surface area (Å²) in [5.74, 6) is -3.65. The van der Waals surface area contributed by atoms with E-state index in [2.05, 4.69) is 10.6 Å². The summed E-state index contributed by atoms with van der Waals surface area (Å²) in [6.45, 7) is 1.80. The molecule has 1 aromatic carbocycles. The zero-order valence-electron chi connectivity index (χ0n) is 17.8. The Hall–Kier alpha value is -2.45. The summed E-state index contributed by atoms with van der Waals surface area (Å²) in [5, 5.41) is 15.9. The van der Waals surface area contributed by atoms with Crippen LogP contribution in [0.1, 0.15) is 56.1 Å². The lowest BCUT2D eigenvalue weighted by Crippen LogP contribution is -2.54. The summed E-state index contributed by atoms with van der Waals surface area (Å²) in [6, 6.07) is 2.68. The summed E-state index contributed by atoms with van der Waals surface area (Å²) in [7, 11) is 0. The number of amides is 3. The number of imide groups is 1. The highest BCUT2D eigenvalue weighted by Gasteiger charge is 2.71. The molecule has 3 aliphatic heterocycles. The minimum Gasteiger partial charge on any atom is -0.481 e. The molecule has 5 rings (SSSR count). The SMILES string of the molecule is Cc1c(Cl)ccc2c1NC(=O)C21NC(CCC(=O)O)C2C(=O)N(C3CCCCC3)C(=O)C21. The van der Waals surface area contributed by atoms with Crippen molar-refractivity contribution in [2.45, 2.75) is 69.5 Å². The predicted molar refractivity (Wildman–Crippen MR) is 116 cm³/mol. The van der Waals surface area contributed by atoms with Crippen molar-refractivity contribution in [3.8, 4) is 0 Å². The maximum Gasteiger partial charge on any atom is 0.303 e. The Morgan fingerprint density at radius 3 is 2.59 bits per heavy atom. The van der Waals surface area contributed by atoms with E-state index in [1.54, 1.807) is 19.1 Å². The van der Waals surface area contributed by atoms with Gasteiger partial charge in [0, 0.05) is 29.1 Å². The zero-order chi connectivity index (χ0) is 22.8. The standard InChI is InChI=1S/C23H26ClN3O5/c1-11-14(24)8-7-13-19(11)25-22(32)23(13)18-17(15(26-23)9-10-16(28)29)20(30)27(21(18)31)12-5-3-2-4-6-12/h7-8,12,15,17-18,26H,2-6,9-10H2,1H3,(H,25,32)(H,28,29). The number of benzene rings is 1. The predicted octanol–water partition coefficient (Wildman–Crippen LogP) is 2.57. The van der Waals surface area contributed by atoms with Crippen LogP contribution in [-0.2, 0) is 24.7 Å². The third kappa shape index (κ3) is 2.85. The molecule has 9 heteroatoms. The van der Waals surface area contributed by atoms with Crippen molar-refractivity contribution in [2.75, 3.05) is 5.32 Å². The Labute approximate surface area is 190 Å². The van der Waals surface area contributed by atoms with Crippen LogP contribution < -0.4 is 10.6 Å². The van der Waals surface area contributed by atoms with Crippen molar-refractivity contribution < 1.29 is 24.3 Å². The van der Waals surface area contributed by atoms with Crippen LogP contribution in [0.5, 0.6) is 0 Å². The van der Waals surface area contributed by atoms with E-state index in [9.17, 15) is 24.3 Å². The molecule has 4 unspecified atom stereocenters. The van der Waals surface area contributed by atoms with Crippen molar-refractivity contribution in [1.82, 2.24) is 10.2 Å². The molecule has 0 aromatic heterocycles. The van der Waals surface area contributed by atoms with Gasteiger partial charge in [0.15, 0.2) is 0 Å². The summed E-state index contributed by atoms with van der Waals surface area (Å²) in [5.41, 5.74) is 0.449. The molecule has 4 aliphatic rings. The van der Waals surface area contributed by atoms with E-state index in [0.29, 0.717) is 21.8 Å². The molecule has 0 radical (unpaired) electrons. The van der Waals surface area contributed by atoms with Gasteiger partial charge in [0.2, 0.25) is 17.7 Å². The van der Waals surface area contributed by atoms with Crippen LogP contribution in [0.4, 0.5) is 5.69 Å². The van der Waals surface area contributed by atoms with Gasteiger partial charge in [-0.25, -0.2) is 0 Å². The van der Waals surface area contributed by atoms with Gasteiger partial charge in [0.05, 0.1) is 17.5 Å². The Kier molecular flexibility index (Phi) is 5.05. The molecule has 3 heterocycles. The van der Waals surface area contributed by atoms with E-state index in [-0.39, 0.29) is 30.7 Å². The third-order valence-corrected chi connectivity index (χ3v) is 8.14. The number of hydrogen-bond acceptors (Lipinski definition) is 5. The molecule has 4 atom stereocenters. The van der Waals surface area contributed by atoms with Gasteiger partial charge in [0.25, 0.3) is 0 Å². The molecule has 3 fully saturated rings. The highest BCUT2D eigenvalue weighted by atomic mass is 35.5. The summed E-state index contributed by atoms with van der Waals surface area (Å²) in [4.78, 5) is 53.5. The Morgan fingerprint density at radius 2 is 1.91 bits per heavy atom. The lowest BCUT2D eigenvalue weighted by Gasteiger charge is -2.34. The number of hydrogen-bond donors (Lipinski definition) is 3. The van der Waals surface area contributed by atoms with Crippen LogP contribution in [0.2, 0.25) is 5.02 Å². The molecule has 32 heavy (non-hydrogen) atoms. The number of anilines is 1. The summed E-state index contributed by atoms with van der Waals surface area (Å²) < 4.78 is 0. The fraction of sp³-hybridized carbons (Fsp3) is 0.565. The second kappa shape index (κ2) is 7.56. The lowest BCUT2D eigenvalue weighted by atomic mass is 9.76. The highest BCUT2D eigenvalue weighted by molar-refractivity contribution is 6.32. The van der Waals surface area contributed by atoms with E-state index in [4.69, 9.17) is 11.6 Å². The van der Waals surface area contributed by atoms with Gasteiger partial charge in [-0.15, -0.1) is 0 Å². The first-order valence-corrected chi connectivity index (χ1v) is 11.6. The van der Waals surface area contributed by atoms with Gasteiger partial charge in [-0.05, 0) is 37.8 Å². The van der Waals surface area contributed by atoms with Crippen molar-refractivity contribution in [3.05, 3.63) is 28.3 Å². The number of nitrogens with one attached hydrogen (secondary N) is 2. The fourth-order valence-electron chi connectivity index (χ4n) is 6.24. The molecule has 3 amide bonds. The van der Waals surface area contributed by atoms with Crippen LogP contribution in [0.3, 0.4) is 0 Å². The molecule has 1 spiro atoms. The van der Waals surface area contributed by atoms with Crippen LogP contribution in [0.15, 0.2) is 12.1 Å². The average Bonchev–Trinajstić information content (AvgIpc) is 3.35. The molecule has 8 nitrogen and oxygen atoms in total. The molecule has 1 aliphatic carbocycles. The van der Waals surface area contributed by atoms with Crippen LogP contribution in [0.25, 0.3) is 0 Å². The van der Waals surface area contributed by atoms with Gasteiger partial charge in [-0.2, -0.15) is 0 Å². The topological polar surface area (TPSA) is 116 Å². The number of likely N-dealkylation sites (tertiary alicyclic amines) is 1. The van der Waals surface area contributed by atoms with E-state index in [1.807, 2.05) is 0 Å². The van der Waals surface area contributed by atoms with Gasteiger partial charge in [-0.1, -0.05) is 36.9 Å². The van der Waals surface area contributed by atoms with Gasteiger partial charge in [0.1, 0.15) is 5.54 Å². The normalized spacial score (nSPS) is 31.9. The monoisotopic (exact) mass is 459 g/mol. The maximum absolute atomic E-state index is 13.8. The van der Waals surface area contributed by atoms with Crippen LogP contribution >= 0.6 is 11.6 Å². The largest absolute Gasteiger partial charge is 0.481 e. The van der Waals surface area contributed by atoms with E-state index >= 15 is 0 Å². The highest BCUT2D eigenvalue weighted by Crippen LogP contribution is 2.55. The Bertz CT molecular complexity index is 1040. The molecular formula is C23H26ClN3O5. The first kappa shape index (κ1) is 21.4. The molecule has 3 N–H and O–H groups in total. The lowest BCUT2D eigenvalue weighted by molar-refractivity contribution is -0.146. The molecule has 0 bridgehead atoms. The number of aliphatic carboxylic acids is 1. The zero-order valence-corrected chi connectivity index (χ0v) is 18.6. The number of carboxylic acid groups (broad SMARTS) is 1. The summed E-state index contributed by atoms with van der Waals surface area (Å²) >= 11 is 6.27. The number of halogens is 1. The molecule has 1 saturated carbocycles. The number of carboxylic acids is 1. The maximum atomic E-state index is 13.8. The first-order valence-electron chi connectivity index (χ1n) is 11.2. The quantitative estimate of drug-likeness (QED) is 0.596. The number of nitrogens with zero attached hydrogens (tertiary/aromatic N) is 1. The second-order valence-electron chi connectivity index (χ2n) is 9.38. The molecule has 170 valence electrons. The Morgan fingerprint density at radius 1 is 1.19 bits per heavy atom. The molecule has 1 aromatic rings. The average molecular weight is 460 g/mol. The van der Waals surface area contributed by atoms with E-state index < -0.39 is 35.3 Å². The molecule has 2 saturated heterocycles. The van der Waals surface area contributed by atoms with E-state index in [0.717, 1.165) is 32.1 Å². The molecular weight excluding hydrogens is 434 g/mol. The number of rotatable bonds is 4. The Balaban J connectivity index is 1.62. The van der Waals surface area contributed by atoms with Crippen molar-refractivity contribution in [1.29, 1.82) is 0 Å². The summed E-state index contributed by atoms with van der Waals surface area (Å²) in [6.07, 6.45) is 4.56. The first-order chi connectivity index (χ1) is 15.3. The minimum absolute atomic E-state index is 0.151. The van der Waals surface area contributed by atoms with Crippen LogP contribution in [0, 0.1) is 18.8 Å². The van der Waals surface area contributed by atoms with Gasteiger partial charge in [-0.3, -0.25) is 29.4 Å².